The minimum Gasteiger partial charge on any atom is -0.462 e. The van der Waals surface area contributed by atoms with Crippen molar-refractivity contribution in [1.29, 1.82) is 0 Å². The first-order valence-corrected chi connectivity index (χ1v) is 5.77. The molecule has 1 aromatic carbocycles. The van der Waals surface area contributed by atoms with Gasteiger partial charge in [0.05, 0.1) is 12.2 Å². The highest BCUT2D eigenvalue weighted by atomic mass is 35.5. The Hall–Kier alpha value is -1.22. The fraction of sp³-hybridized carbons (Fsp3) is 0.417. The van der Waals surface area contributed by atoms with Gasteiger partial charge in [-0.2, -0.15) is 0 Å². The van der Waals surface area contributed by atoms with E-state index in [1.165, 1.54) is 6.42 Å². The molecule has 0 unspecified atom stereocenters. The number of ether oxygens (including phenoxy) is 1. The van der Waals surface area contributed by atoms with E-state index in [2.05, 4.69) is 0 Å². The van der Waals surface area contributed by atoms with Crippen LogP contribution in [0.2, 0.25) is 5.02 Å². The van der Waals surface area contributed by atoms with Crippen LogP contribution in [0.15, 0.2) is 18.2 Å². The van der Waals surface area contributed by atoms with Crippen molar-refractivity contribution in [1.82, 2.24) is 0 Å². The summed E-state index contributed by atoms with van der Waals surface area (Å²) in [6.07, 6.45) is 3.55. The van der Waals surface area contributed by atoms with E-state index in [0.717, 1.165) is 12.8 Å². The topological polar surface area (TPSA) is 52.3 Å². The van der Waals surface area contributed by atoms with E-state index in [9.17, 15) is 4.79 Å². The van der Waals surface area contributed by atoms with Gasteiger partial charge in [0.15, 0.2) is 0 Å². The highest BCUT2D eigenvalue weighted by Crippen LogP contribution is 2.27. The molecule has 1 saturated carbocycles. The molecular formula is C12H14ClNO2. The Morgan fingerprint density at radius 3 is 2.81 bits per heavy atom. The molecule has 16 heavy (non-hydrogen) atoms. The van der Waals surface area contributed by atoms with Crippen LogP contribution in [0.1, 0.15) is 29.6 Å². The number of nitrogen functional groups attached to an aromatic ring is 1. The van der Waals surface area contributed by atoms with Crippen molar-refractivity contribution in [2.45, 2.75) is 19.3 Å². The standard InChI is InChI=1S/C12H14ClNO2/c13-9-4-5-10(11(14)6-9)12(15)16-7-8-2-1-3-8/h4-6,8H,1-3,7,14H2. The molecule has 4 heteroatoms. The number of carbonyl (C=O) groups is 1. The summed E-state index contributed by atoms with van der Waals surface area (Å²) in [4.78, 5) is 11.7. The molecule has 2 rings (SSSR count). The molecule has 3 nitrogen and oxygen atoms in total. The minimum absolute atomic E-state index is 0.360. The van der Waals surface area contributed by atoms with E-state index in [1.807, 2.05) is 0 Å². The molecule has 1 fully saturated rings. The molecule has 0 aliphatic heterocycles. The Kier molecular flexibility index (Phi) is 3.34. The summed E-state index contributed by atoms with van der Waals surface area (Å²) in [5, 5.41) is 0.521. The second-order valence-electron chi connectivity index (χ2n) is 4.13. The van der Waals surface area contributed by atoms with Crippen molar-refractivity contribution in [2.75, 3.05) is 12.3 Å². The Labute approximate surface area is 99.5 Å². The van der Waals surface area contributed by atoms with E-state index >= 15 is 0 Å². The van der Waals surface area contributed by atoms with Crippen LogP contribution in [0.4, 0.5) is 5.69 Å². The van der Waals surface area contributed by atoms with Crippen molar-refractivity contribution >= 4 is 23.3 Å². The summed E-state index contributed by atoms with van der Waals surface area (Å²) < 4.78 is 5.19. The largest absolute Gasteiger partial charge is 0.462 e. The first-order chi connectivity index (χ1) is 7.66. The summed E-state index contributed by atoms with van der Waals surface area (Å²) in [7, 11) is 0. The number of hydrogen-bond acceptors (Lipinski definition) is 3. The second kappa shape index (κ2) is 4.74. The molecular weight excluding hydrogens is 226 g/mol. The molecule has 0 spiro atoms. The maximum absolute atomic E-state index is 11.7. The van der Waals surface area contributed by atoms with Crippen LogP contribution in [0.25, 0.3) is 0 Å². The van der Waals surface area contributed by atoms with Crippen molar-refractivity contribution < 1.29 is 9.53 Å². The summed E-state index contributed by atoms with van der Waals surface area (Å²) in [6.45, 7) is 0.501. The van der Waals surface area contributed by atoms with Gasteiger partial charge in [-0.1, -0.05) is 18.0 Å². The number of nitrogens with two attached hydrogens (primary N) is 1. The van der Waals surface area contributed by atoms with Crippen molar-refractivity contribution in [2.24, 2.45) is 5.92 Å². The molecule has 0 atom stereocenters. The minimum atomic E-state index is -0.360. The smallest absolute Gasteiger partial charge is 0.340 e. The highest BCUT2D eigenvalue weighted by molar-refractivity contribution is 6.31. The zero-order chi connectivity index (χ0) is 11.5. The maximum atomic E-state index is 11.7. The molecule has 0 amide bonds. The summed E-state index contributed by atoms with van der Waals surface area (Å²) >= 11 is 5.75. The number of esters is 1. The van der Waals surface area contributed by atoms with Gasteiger partial charge in [-0.25, -0.2) is 4.79 Å². The highest BCUT2D eigenvalue weighted by Gasteiger charge is 2.20. The molecule has 0 heterocycles. The lowest BCUT2D eigenvalue weighted by Gasteiger charge is -2.24. The maximum Gasteiger partial charge on any atom is 0.340 e. The van der Waals surface area contributed by atoms with E-state index in [1.54, 1.807) is 18.2 Å². The second-order valence-corrected chi connectivity index (χ2v) is 4.56. The van der Waals surface area contributed by atoms with Crippen molar-refractivity contribution in [3.05, 3.63) is 28.8 Å². The lowest BCUT2D eigenvalue weighted by atomic mass is 9.86. The predicted molar refractivity (Wildman–Crippen MR) is 63.5 cm³/mol. The van der Waals surface area contributed by atoms with Gasteiger partial charge in [-0.3, -0.25) is 0 Å². The van der Waals surface area contributed by atoms with Gasteiger partial charge in [-0.15, -0.1) is 0 Å². The molecule has 1 aliphatic carbocycles. The van der Waals surface area contributed by atoms with E-state index in [4.69, 9.17) is 22.1 Å². The van der Waals surface area contributed by atoms with E-state index in [0.29, 0.717) is 28.8 Å². The van der Waals surface area contributed by atoms with Gasteiger partial charge < -0.3 is 10.5 Å². The molecule has 1 aliphatic rings. The quantitative estimate of drug-likeness (QED) is 0.652. The van der Waals surface area contributed by atoms with Gasteiger partial charge in [-0.05, 0) is 37.0 Å². The average molecular weight is 240 g/mol. The SMILES string of the molecule is Nc1cc(Cl)ccc1C(=O)OCC1CCC1. The number of rotatable bonds is 3. The zero-order valence-electron chi connectivity index (χ0n) is 8.91. The van der Waals surface area contributed by atoms with Gasteiger partial charge in [0.25, 0.3) is 0 Å². The van der Waals surface area contributed by atoms with Crippen LogP contribution in [-0.2, 0) is 4.74 Å². The van der Waals surface area contributed by atoms with Gasteiger partial charge in [0.1, 0.15) is 0 Å². The number of anilines is 1. The van der Waals surface area contributed by atoms with Gasteiger partial charge in [0.2, 0.25) is 0 Å². The van der Waals surface area contributed by atoms with Crippen LogP contribution in [-0.4, -0.2) is 12.6 Å². The predicted octanol–water partition coefficient (Wildman–Crippen LogP) is 2.88. The van der Waals surface area contributed by atoms with E-state index < -0.39 is 0 Å². The Balaban J connectivity index is 1.96. The lowest BCUT2D eigenvalue weighted by Crippen LogP contribution is -2.20. The number of carbonyl (C=O) groups excluding carboxylic acids is 1. The van der Waals surface area contributed by atoms with Crippen molar-refractivity contribution in [3.63, 3.8) is 0 Å². The number of benzene rings is 1. The molecule has 1 aromatic rings. The van der Waals surface area contributed by atoms with Gasteiger partial charge >= 0.3 is 5.97 Å². The van der Waals surface area contributed by atoms with Crippen LogP contribution in [0, 0.1) is 5.92 Å². The molecule has 0 bridgehead atoms. The number of hydrogen-bond donors (Lipinski definition) is 1. The summed E-state index contributed by atoms with van der Waals surface area (Å²) in [5.74, 6) is 0.179. The fourth-order valence-electron chi connectivity index (χ4n) is 1.65. The van der Waals surface area contributed by atoms with Crippen molar-refractivity contribution in [3.8, 4) is 0 Å². The molecule has 86 valence electrons. The Morgan fingerprint density at radius 2 is 2.25 bits per heavy atom. The first kappa shape index (κ1) is 11.3. The third-order valence-corrected chi connectivity index (χ3v) is 3.14. The number of halogens is 1. The van der Waals surface area contributed by atoms with Crippen LogP contribution < -0.4 is 5.73 Å². The molecule has 0 saturated heterocycles. The van der Waals surface area contributed by atoms with Crippen LogP contribution in [0.3, 0.4) is 0 Å². The summed E-state index contributed by atoms with van der Waals surface area (Å²) in [5.41, 5.74) is 6.45. The third-order valence-electron chi connectivity index (χ3n) is 2.91. The zero-order valence-corrected chi connectivity index (χ0v) is 9.67. The normalized spacial score (nSPS) is 15.6. The molecule has 0 aromatic heterocycles. The Morgan fingerprint density at radius 1 is 1.50 bits per heavy atom. The monoisotopic (exact) mass is 239 g/mol. The van der Waals surface area contributed by atoms with Gasteiger partial charge in [0, 0.05) is 10.7 Å². The molecule has 2 N–H and O–H groups in total. The van der Waals surface area contributed by atoms with Crippen LogP contribution in [0.5, 0.6) is 0 Å². The lowest BCUT2D eigenvalue weighted by molar-refractivity contribution is 0.0373. The fourth-order valence-corrected chi connectivity index (χ4v) is 1.83. The summed E-state index contributed by atoms with van der Waals surface area (Å²) in [6, 6.07) is 4.79. The van der Waals surface area contributed by atoms with Crippen LogP contribution >= 0.6 is 11.6 Å². The third kappa shape index (κ3) is 2.47. The first-order valence-electron chi connectivity index (χ1n) is 5.39. The average Bonchev–Trinajstić information content (AvgIpc) is 2.14. The Bertz CT molecular complexity index is 402. The molecule has 0 radical (unpaired) electrons. The van der Waals surface area contributed by atoms with E-state index in [-0.39, 0.29) is 5.97 Å².